The van der Waals surface area contributed by atoms with Crippen molar-refractivity contribution in [3.63, 3.8) is 0 Å². The molecule has 9 heteroatoms. The Morgan fingerprint density at radius 2 is 1.70 bits per heavy atom. The maximum Gasteiger partial charge on any atom is 0.262 e. The van der Waals surface area contributed by atoms with Gasteiger partial charge in [-0.05, 0) is 23.4 Å². The highest BCUT2D eigenvalue weighted by Gasteiger charge is 2.31. The van der Waals surface area contributed by atoms with Crippen LogP contribution in [-0.4, -0.2) is 75.2 Å². The average Bonchev–Trinajstić information content (AvgIpc) is 3.37. The number of rotatable bonds is 9. The van der Waals surface area contributed by atoms with E-state index in [1.165, 1.54) is 11.3 Å². The van der Waals surface area contributed by atoms with Crippen LogP contribution in [0, 0.1) is 5.92 Å². The molecule has 1 saturated heterocycles. The van der Waals surface area contributed by atoms with E-state index < -0.39 is 6.04 Å². The molecule has 2 heterocycles. The number of carbonyl (C=O) groups is 2. The SMILES string of the molecule is COc1ccc(CN2CCN(C(=O)C(NC(=O)c3cccs3)C(C)C)CC2)c(OC)c1OC. The Balaban J connectivity index is 1.62. The van der Waals surface area contributed by atoms with E-state index >= 15 is 0 Å². The predicted octanol–water partition coefficient (Wildman–Crippen LogP) is 2.87. The van der Waals surface area contributed by atoms with Crippen LogP contribution >= 0.6 is 11.3 Å². The first-order valence-electron chi connectivity index (χ1n) is 11.0. The summed E-state index contributed by atoms with van der Waals surface area (Å²) in [5, 5.41) is 4.78. The highest BCUT2D eigenvalue weighted by Crippen LogP contribution is 2.40. The van der Waals surface area contributed by atoms with E-state index in [2.05, 4.69) is 10.2 Å². The second kappa shape index (κ2) is 11.4. The average molecular weight is 476 g/mol. The largest absolute Gasteiger partial charge is 0.493 e. The highest BCUT2D eigenvalue weighted by atomic mass is 32.1. The number of piperazine rings is 1. The van der Waals surface area contributed by atoms with Crippen LogP contribution < -0.4 is 19.5 Å². The van der Waals surface area contributed by atoms with Gasteiger partial charge >= 0.3 is 0 Å². The normalized spacial score (nSPS) is 15.3. The van der Waals surface area contributed by atoms with Crippen LogP contribution in [0.4, 0.5) is 0 Å². The van der Waals surface area contributed by atoms with Crippen LogP contribution in [0.15, 0.2) is 29.6 Å². The first-order valence-corrected chi connectivity index (χ1v) is 11.9. The third-order valence-electron chi connectivity index (χ3n) is 5.83. The summed E-state index contributed by atoms with van der Waals surface area (Å²) >= 11 is 1.37. The molecule has 0 bridgehead atoms. The molecule has 180 valence electrons. The van der Waals surface area contributed by atoms with E-state index in [1.807, 2.05) is 42.3 Å². The van der Waals surface area contributed by atoms with Crippen molar-refractivity contribution in [3.8, 4) is 17.2 Å². The van der Waals surface area contributed by atoms with E-state index in [-0.39, 0.29) is 17.7 Å². The lowest BCUT2D eigenvalue weighted by Crippen LogP contribution is -2.56. The van der Waals surface area contributed by atoms with Crippen molar-refractivity contribution in [3.05, 3.63) is 40.1 Å². The summed E-state index contributed by atoms with van der Waals surface area (Å²) in [4.78, 5) is 30.5. The van der Waals surface area contributed by atoms with Gasteiger partial charge in [0.05, 0.1) is 26.2 Å². The third kappa shape index (κ3) is 5.78. The fourth-order valence-electron chi connectivity index (χ4n) is 3.99. The van der Waals surface area contributed by atoms with Gasteiger partial charge in [-0.3, -0.25) is 14.5 Å². The Kier molecular flexibility index (Phi) is 8.57. The zero-order valence-electron chi connectivity index (χ0n) is 19.9. The van der Waals surface area contributed by atoms with E-state index in [0.29, 0.717) is 41.8 Å². The van der Waals surface area contributed by atoms with Crippen molar-refractivity contribution >= 4 is 23.2 Å². The lowest BCUT2D eigenvalue weighted by molar-refractivity contribution is -0.136. The fourth-order valence-corrected chi connectivity index (χ4v) is 4.61. The Morgan fingerprint density at radius 1 is 1.00 bits per heavy atom. The highest BCUT2D eigenvalue weighted by molar-refractivity contribution is 7.12. The van der Waals surface area contributed by atoms with E-state index in [9.17, 15) is 9.59 Å². The minimum atomic E-state index is -0.544. The van der Waals surface area contributed by atoms with Gasteiger partial charge in [0, 0.05) is 38.3 Å². The molecule has 1 unspecified atom stereocenters. The molecule has 2 aromatic rings. The molecule has 1 aliphatic heterocycles. The van der Waals surface area contributed by atoms with Crippen LogP contribution in [0.5, 0.6) is 17.2 Å². The summed E-state index contributed by atoms with van der Waals surface area (Å²) in [6.07, 6.45) is 0. The van der Waals surface area contributed by atoms with Gasteiger partial charge in [0.2, 0.25) is 11.7 Å². The maximum atomic E-state index is 13.2. The molecule has 1 aliphatic rings. The Labute approximate surface area is 199 Å². The van der Waals surface area contributed by atoms with Crippen LogP contribution in [0.2, 0.25) is 0 Å². The van der Waals surface area contributed by atoms with Gasteiger partial charge in [0.25, 0.3) is 5.91 Å². The summed E-state index contributed by atoms with van der Waals surface area (Å²) in [7, 11) is 4.81. The van der Waals surface area contributed by atoms with Crippen molar-refractivity contribution in [1.29, 1.82) is 0 Å². The summed E-state index contributed by atoms with van der Waals surface area (Å²) < 4.78 is 16.5. The molecule has 8 nitrogen and oxygen atoms in total. The minimum absolute atomic E-state index is 0.00420. The molecule has 0 aliphatic carbocycles. The zero-order valence-corrected chi connectivity index (χ0v) is 20.7. The molecular formula is C24H33N3O5S. The summed E-state index contributed by atoms with van der Waals surface area (Å²) in [5.74, 6) is 1.63. The zero-order chi connectivity index (χ0) is 24.0. The Morgan fingerprint density at radius 3 is 2.24 bits per heavy atom. The van der Waals surface area contributed by atoms with Crippen molar-refractivity contribution < 1.29 is 23.8 Å². The molecule has 1 aromatic carbocycles. The quantitative estimate of drug-likeness (QED) is 0.601. The first kappa shape index (κ1) is 24.9. The van der Waals surface area contributed by atoms with Crippen LogP contribution in [-0.2, 0) is 11.3 Å². The lowest BCUT2D eigenvalue weighted by atomic mass is 10.0. The van der Waals surface area contributed by atoms with Gasteiger partial charge in [-0.1, -0.05) is 26.0 Å². The molecule has 1 aromatic heterocycles. The topological polar surface area (TPSA) is 80.3 Å². The van der Waals surface area contributed by atoms with Gasteiger partial charge in [0.15, 0.2) is 11.5 Å². The molecule has 1 N–H and O–H groups in total. The molecule has 1 fully saturated rings. The second-order valence-electron chi connectivity index (χ2n) is 8.27. The third-order valence-corrected chi connectivity index (χ3v) is 6.70. The van der Waals surface area contributed by atoms with E-state index in [1.54, 1.807) is 27.4 Å². The fraction of sp³-hybridized carbons (Fsp3) is 0.500. The van der Waals surface area contributed by atoms with E-state index in [0.717, 1.165) is 18.7 Å². The first-order chi connectivity index (χ1) is 15.9. The van der Waals surface area contributed by atoms with Gasteiger partial charge in [-0.15, -0.1) is 11.3 Å². The number of thiophene rings is 1. The number of hydrogen-bond donors (Lipinski definition) is 1. The number of benzene rings is 1. The standard InChI is InChI=1S/C24H33N3O5S/c1-16(2)20(25-23(28)19-7-6-14-33-19)24(29)27-12-10-26(11-13-27)15-17-8-9-18(30-3)22(32-5)21(17)31-4/h6-9,14,16,20H,10-13,15H2,1-5H3,(H,25,28). The van der Waals surface area contributed by atoms with Crippen molar-refractivity contribution in [2.45, 2.75) is 26.4 Å². The number of carbonyl (C=O) groups excluding carboxylic acids is 2. The van der Waals surface area contributed by atoms with Crippen LogP contribution in [0.1, 0.15) is 29.1 Å². The van der Waals surface area contributed by atoms with E-state index in [4.69, 9.17) is 14.2 Å². The molecule has 0 spiro atoms. The van der Waals surface area contributed by atoms with Crippen molar-refractivity contribution in [2.75, 3.05) is 47.5 Å². The summed E-state index contributed by atoms with van der Waals surface area (Å²) in [6, 6.07) is 6.91. The molecule has 3 rings (SSSR count). The number of methoxy groups -OCH3 is 3. The lowest BCUT2D eigenvalue weighted by Gasteiger charge is -2.37. The molecule has 0 saturated carbocycles. The number of ether oxygens (including phenoxy) is 3. The molecular weight excluding hydrogens is 442 g/mol. The number of nitrogens with zero attached hydrogens (tertiary/aromatic N) is 2. The van der Waals surface area contributed by atoms with Crippen molar-refractivity contribution in [2.24, 2.45) is 5.92 Å². The molecule has 0 radical (unpaired) electrons. The van der Waals surface area contributed by atoms with Crippen LogP contribution in [0.25, 0.3) is 0 Å². The minimum Gasteiger partial charge on any atom is -0.493 e. The Hall–Kier alpha value is -2.78. The molecule has 33 heavy (non-hydrogen) atoms. The molecule has 2 amide bonds. The number of amides is 2. The van der Waals surface area contributed by atoms with Gasteiger partial charge < -0.3 is 24.4 Å². The van der Waals surface area contributed by atoms with Crippen molar-refractivity contribution in [1.82, 2.24) is 15.1 Å². The second-order valence-corrected chi connectivity index (χ2v) is 9.22. The summed E-state index contributed by atoms with van der Waals surface area (Å²) in [6.45, 7) is 7.25. The predicted molar refractivity (Wildman–Crippen MR) is 128 cm³/mol. The van der Waals surface area contributed by atoms with Gasteiger partial charge in [-0.2, -0.15) is 0 Å². The van der Waals surface area contributed by atoms with Gasteiger partial charge in [-0.25, -0.2) is 0 Å². The van der Waals surface area contributed by atoms with Crippen LogP contribution in [0.3, 0.4) is 0 Å². The number of hydrogen-bond acceptors (Lipinski definition) is 7. The summed E-state index contributed by atoms with van der Waals surface area (Å²) in [5.41, 5.74) is 0.998. The maximum absolute atomic E-state index is 13.2. The molecule has 1 atom stereocenters. The Bertz CT molecular complexity index is 940. The number of nitrogens with one attached hydrogen (secondary N) is 1. The monoisotopic (exact) mass is 475 g/mol. The van der Waals surface area contributed by atoms with Gasteiger partial charge in [0.1, 0.15) is 6.04 Å². The smallest absolute Gasteiger partial charge is 0.262 e.